The summed E-state index contributed by atoms with van der Waals surface area (Å²) in [6.45, 7) is 5.14. The Kier molecular flexibility index (Phi) is 6.28. The molecule has 7 heteroatoms. The lowest BCUT2D eigenvalue weighted by Crippen LogP contribution is -3.15. The number of carbonyl (C=O) groups excluding carboxylic acids is 1. The van der Waals surface area contributed by atoms with Crippen LogP contribution < -0.4 is 24.0 Å². The van der Waals surface area contributed by atoms with Gasteiger partial charge in [-0.2, -0.15) is 0 Å². The summed E-state index contributed by atoms with van der Waals surface area (Å²) in [5.74, 6) is 2.54. The van der Waals surface area contributed by atoms with E-state index in [1.165, 1.54) is 4.90 Å². The second-order valence-corrected chi connectivity index (χ2v) is 7.86. The van der Waals surface area contributed by atoms with Crippen LogP contribution in [0.3, 0.4) is 0 Å². The molecule has 2 aromatic rings. The molecule has 1 amide bonds. The van der Waals surface area contributed by atoms with Gasteiger partial charge in [-0.05, 0) is 24.3 Å². The lowest BCUT2D eigenvalue weighted by atomic mass is 10.2. The quantitative estimate of drug-likeness (QED) is 0.757. The number of quaternary nitrogens is 1. The minimum Gasteiger partial charge on any atom is -0.495 e. The molecule has 4 rings (SSSR count). The van der Waals surface area contributed by atoms with Gasteiger partial charge in [0, 0.05) is 7.05 Å². The summed E-state index contributed by atoms with van der Waals surface area (Å²) in [5.41, 5.74) is 1.12. The molecule has 0 spiro atoms. The Morgan fingerprint density at radius 2 is 1.83 bits per heavy atom. The van der Waals surface area contributed by atoms with Gasteiger partial charge in [0.05, 0.1) is 45.5 Å². The lowest BCUT2D eigenvalue weighted by molar-refractivity contribution is -0.892. The summed E-state index contributed by atoms with van der Waals surface area (Å²) >= 11 is 0. The van der Waals surface area contributed by atoms with E-state index in [1.54, 1.807) is 12.0 Å². The molecular weight excluding hydrogens is 382 g/mol. The third kappa shape index (κ3) is 4.62. The zero-order valence-corrected chi connectivity index (χ0v) is 17.7. The van der Waals surface area contributed by atoms with Gasteiger partial charge in [-0.25, -0.2) is 0 Å². The first-order valence-corrected chi connectivity index (χ1v) is 10.5. The molecule has 0 radical (unpaired) electrons. The fourth-order valence-electron chi connectivity index (χ4n) is 4.04. The van der Waals surface area contributed by atoms with Crippen LogP contribution in [0.1, 0.15) is 0 Å². The molecule has 1 saturated heterocycles. The molecule has 0 bridgehead atoms. The Labute approximate surface area is 177 Å². The van der Waals surface area contributed by atoms with E-state index in [2.05, 4.69) is 11.0 Å². The van der Waals surface area contributed by atoms with Crippen LogP contribution in [-0.2, 0) is 4.79 Å². The molecule has 0 aliphatic carbocycles. The molecule has 1 N–H and O–H groups in total. The van der Waals surface area contributed by atoms with Crippen LogP contribution >= 0.6 is 0 Å². The molecule has 0 aromatic heterocycles. The highest BCUT2D eigenvalue weighted by Gasteiger charge is 2.27. The summed E-state index contributed by atoms with van der Waals surface area (Å²) in [6.07, 6.45) is -0.147. The predicted octanol–water partition coefficient (Wildman–Crippen LogP) is 0.699. The van der Waals surface area contributed by atoms with Crippen molar-refractivity contribution < 1.29 is 23.9 Å². The van der Waals surface area contributed by atoms with E-state index in [4.69, 9.17) is 14.2 Å². The van der Waals surface area contributed by atoms with E-state index in [0.717, 1.165) is 49.1 Å². The maximum atomic E-state index is 12.8. The first-order valence-electron chi connectivity index (χ1n) is 10.5. The van der Waals surface area contributed by atoms with E-state index in [-0.39, 0.29) is 12.0 Å². The summed E-state index contributed by atoms with van der Waals surface area (Å²) in [6, 6.07) is 15.7. The van der Waals surface area contributed by atoms with Crippen molar-refractivity contribution in [2.75, 3.05) is 64.9 Å². The zero-order chi connectivity index (χ0) is 20.9. The maximum absolute atomic E-state index is 12.8. The number of likely N-dealkylation sites (N-methyl/N-ethyl adjacent to an activating group) is 1. The number of fused-ring (bicyclic) bond motifs is 1. The largest absolute Gasteiger partial charge is 0.495 e. The molecule has 1 fully saturated rings. The van der Waals surface area contributed by atoms with Crippen molar-refractivity contribution in [3.05, 3.63) is 48.5 Å². The summed E-state index contributed by atoms with van der Waals surface area (Å²) in [5, 5.41) is 0. The number of hydrogen-bond acceptors (Lipinski definition) is 5. The van der Waals surface area contributed by atoms with E-state index >= 15 is 0 Å². The number of methoxy groups -OCH3 is 1. The maximum Gasteiger partial charge on any atom is 0.277 e. The third-order valence-electron chi connectivity index (χ3n) is 5.77. The number of nitrogens with one attached hydrogen (secondary N) is 1. The highest BCUT2D eigenvalue weighted by Crippen LogP contribution is 2.31. The van der Waals surface area contributed by atoms with Gasteiger partial charge < -0.3 is 28.9 Å². The van der Waals surface area contributed by atoms with E-state index in [1.807, 2.05) is 49.5 Å². The van der Waals surface area contributed by atoms with Crippen molar-refractivity contribution in [2.24, 2.45) is 0 Å². The van der Waals surface area contributed by atoms with Crippen molar-refractivity contribution in [1.29, 1.82) is 0 Å². The first kappa shape index (κ1) is 20.3. The molecule has 160 valence electrons. The monoisotopic (exact) mass is 412 g/mol. The molecule has 2 aliphatic heterocycles. The van der Waals surface area contributed by atoms with Gasteiger partial charge in [-0.1, -0.05) is 24.3 Å². The van der Waals surface area contributed by atoms with Gasteiger partial charge in [0.2, 0.25) is 0 Å². The molecular formula is C23H30N3O4+. The van der Waals surface area contributed by atoms with Gasteiger partial charge >= 0.3 is 0 Å². The Bertz CT molecular complexity index is 867. The molecule has 30 heavy (non-hydrogen) atoms. The smallest absolute Gasteiger partial charge is 0.277 e. The first-order chi connectivity index (χ1) is 14.6. The summed E-state index contributed by atoms with van der Waals surface area (Å²) in [7, 11) is 3.55. The van der Waals surface area contributed by atoms with Crippen LogP contribution in [-0.4, -0.2) is 76.9 Å². The fourth-order valence-corrected chi connectivity index (χ4v) is 4.04. The highest BCUT2D eigenvalue weighted by molar-refractivity contribution is 5.76. The minimum absolute atomic E-state index is 0.137. The van der Waals surface area contributed by atoms with Crippen LogP contribution in [0, 0.1) is 0 Å². The molecule has 0 unspecified atom stereocenters. The number of ether oxygens (including phenoxy) is 3. The van der Waals surface area contributed by atoms with E-state index in [9.17, 15) is 4.79 Å². The van der Waals surface area contributed by atoms with Gasteiger partial charge in [0.15, 0.2) is 24.1 Å². The normalized spacial score (nSPS) is 18.7. The van der Waals surface area contributed by atoms with Gasteiger partial charge in [0.25, 0.3) is 5.91 Å². The second kappa shape index (κ2) is 9.26. The van der Waals surface area contributed by atoms with Crippen molar-refractivity contribution in [3.8, 4) is 17.2 Å². The molecule has 7 nitrogen and oxygen atoms in total. The number of amides is 1. The van der Waals surface area contributed by atoms with Crippen molar-refractivity contribution in [1.82, 2.24) is 4.90 Å². The second-order valence-electron chi connectivity index (χ2n) is 7.86. The summed E-state index contributed by atoms with van der Waals surface area (Å²) < 4.78 is 17.2. The number of para-hydroxylation sites is 4. The van der Waals surface area contributed by atoms with Crippen LogP contribution in [0.4, 0.5) is 5.69 Å². The number of carbonyl (C=O) groups is 1. The topological polar surface area (TPSA) is 55.7 Å². The Morgan fingerprint density at radius 1 is 1.13 bits per heavy atom. The third-order valence-corrected chi connectivity index (χ3v) is 5.77. The highest BCUT2D eigenvalue weighted by atomic mass is 16.6. The number of hydrogen-bond donors (Lipinski definition) is 1. The molecule has 1 atom stereocenters. The Morgan fingerprint density at radius 3 is 2.60 bits per heavy atom. The van der Waals surface area contributed by atoms with Crippen molar-refractivity contribution >= 4 is 11.6 Å². The standard InChI is InChI=1S/C23H29N3O4/c1-24(15-18-17-29-21-9-5-6-10-22(21)30-18)23(27)16-25-11-13-26(14-12-25)19-7-3-4-8-20(19)28-2/h3-10,18H,11-17H2,1-2H3/p+1/t18-/m0/s1. The predicted molar refractivity (Wildman–Crippen MR) is 115 cm³/mol. The van der Waals surface area contributed by atoms with Crippen LogP contribution in [0.2, 0.25) is 0 Å². The minimum atomic E-state index is -0.147. The van der Waals surface area contributed by atoms with Crippen LogP contribution in [0.5, 0.6) is 17.2 Å². The van der Waals surface area contributed by atoms with Gasteiger partial charge in [0.1, 0.15) is 12.4 Å². The van der Waals surface area contributed by atoms with E-state index < -0.39 is 0 Å². The van der Waals surface area contributed by atoms with Crippen LogP contribution in [0.25, 0.3) is 0 Å². The number of anilines is 1. The molecule has 2 aromatic carbocycles. The zero-order valence-electron chi connectivity index (χ0n) is 17.7. The van der Waals surface area contributed by atoms with E-state index in [0.29, 0.717) is 19.7 Å². The Hall–Kier alpha value is -2.93. The number of benzene rings is 2. The lowest BCUT2D eigenvalue weighted by Gasteiger charge is -2.35. The Balaban J connectivity index is 1.25. The number of nitrogens with zero attached hydrogens (tertiary/aromatic N) is 2. The number of rotatable bonds is 6. The fraction of sp³-hybridized carbons (Fsp3) is 0.435. The van der Waals surface area contributed by atoms with Crippen molar-refractivity contribution in [3.63, 3.8) is 0 Å². The molecule has 2 heterocycles. The SMILES string of the molecule is COc1ccccc1N1CC[NH+](CC(=O)N(C)C[C@H]2COc3ccccc3O2)CC1. The van der Waals surface area contributed by atoms with Crippen LogP contribution in [0.15, 0.2) is 48.5 Å². The average molecular weight is 413 g/mol. The van der Waals surface area contributed by atoms with Gasteiger partial charge in [-0.3, -0.25) is 4.79 Å². The average Bonchev–Trinajstić information content (AvgIpc) is 2.79. The summed E-state index contributed by atoms with van der Waals surface area (Å²) in [4.78, 5) is 18.2. The molecule has 2 aliphatic rings. The molecule has 0 saturated carbocycles. The number of piperazine rings is 1. The van der Waals surface area contributed by atoms with Crippen molar-refractivity contribution in [2.45, 2.75) is 6.10 Å². The van der Waals surface area contributed by atoms with Gasteiger partial charge in [-0.15, -0.1) is 0 Å².